The summed E-state index contributed by atoms with van der Waals surface area (Å²) in [7, 11) is 0. The van der Waals surface area contributed by atoms with Gasteiger partial charge in [-0.1, -0.05) is 42.1 Å². The highest BCUT2D eigenvalue weighted by Crippen LogP contribution is 2.22. The fourth-order valence-electron chi connectivity index (χ4n) is 1.82. The molecule has 1 fully saturated rings. The lowest BCUT2D eigenvalue weighted by molar-refractivity contribution is -0.305. The molecule has 0 aromatic heterocycles. The SMILES string of the molecule is O=C([O-])CCNC(=O)C[C@@H]1S/C(=N/N=C\c2ccccc2)NC1=O. The van der Waals surface area contributed by atoms with Gasteiger partial charge in [0.05, 0.1) is 6.21 Å². The number of carbonyl (C=O) groups is 3. The van der Waals surface area contributed by atoms with Crippen molar-refractivity contribution >= 4 is 40.9 Å². The van der Waals surface area contributed by atoms with Crippen LogP contribution in [0.3, 0.4) is 0 Å². The van der Waals surface area contributed by atoms with Gasteiger partial charge in [0, 0.05) is 25.4 Å². The minimum atomic E-state index is -1.24. The third-order valence-electron chi connectivity index (χ3n) is 2.95. The Labute approximate surface area is 142 Å². The van der Waals surface area contributed by atoms with E-state index in [1.165, 1.54) is 0 Å². The Balaban J connectivity index is 1.82. The smallest absolute Gasteiger partial charge is 0.240 e. The molecule has 0 radical (unpaired) electrons. The largest absolute Gasteiger partial charge is 0.550 e. The number of carboxylic acids is 1. The second-order valence-electron chi connectivity index (χ2n) is 4.83. The van der Waals surface area contributed by atoms with Gasteiger partial charge in [0.1, 0.15) is 5.25 Å². The van der Waals surface area contributed by atoms with E-state index in [2.05, 4.69) is 20.8 Å². The zero-order valence-corrected chi connectivity index (χ0v) is 13.4. The van der Waals surface area contributed by atoms with Crippen LogP contribution in [0.5, 0.6) is 0 Å². The number of benzene rings is 1. The van der Waals surface area contributed by atoms with Crippen LogP contribution in [-0.4, -0.2) is 41.0 Å². The first-order chi connectivity index (χ1) is 11.5. The van der Waals surface area contributed by atoms with Crippen LogP contribution in [-0.2, 0) is 14.4 Å². The minimum Gasteiger partial charge on any atom is -0.550 e. The molecule has 1 aromatic carbocycles. The first-order valence-electron chi connectivity index (χ1n) is 7.15. The highest BCUT2D eigenvalue weighted by atomic mass is 32.2. The van der Waals surface area contributed by atoms with Gasteiger partial charge in [-0.05, 0) is 5.56 Å². The molecule has 1 heterocycles. The molecule has 24 heavy (non-hydrogen) atoms. The molecule has 0 spiro atoms. The molecule has 0 saturated carbocycles. The first kappa shape index (κ1) is 17.7. The second-order valence-corrected chi connectivity index (χ2v) is 6.02. The molecule has 0 unspecified atom stereocenters. The monoisotopic (exact) mass is 347 g/mol. The Bertz CT molecular complexity index is 675. The molecule has 2 amide bonds. The third kappa shape index (κ3) is 5.84. The standard InChI is InChI=1S/C15H16N4O4S/c20-12(16-7-6-13(21)22)8-11-14(23)18-15(24-11)19-17-9-10-4-2-1-3-5-10/h1-5,9,11H,6-8H2,(H,16,20)(H,21,22)(H,18,19,23)/p-1/b17-9-/t11-/m0/s1. The number of rotatable bonds is 7. The zero-order valence-electron chi connectivity index (χ0n) is 12.6. The third-order valence-corrected chi connectivity index (χ3v) is 4.03. The number of carboxylic acid groups (broad SMARTS) is 1. The number of carbonyl (C=O) groups excluding carboxylic acids is 3. The minimum absolute atomic E-state index is 0.0253. The number of amides is 2. The fraction of sp³-hybridized carbons (Fsp3) is 0.267. The van der Waals surface area contributed by atoms with Crippen molar-refractivity contribution in [2.75, 3.05) is 6.54 Å². The lowest BCUT2D eigenvalue weighted by Gasteiger charge is -2.07. The number of nitrogens with one attached hydrogen (secondary N) is 2. The molecule has 2 rings (SSSR count). The molecule has 1 atom stereocenters. The van der Waals surface area contributed by atoms with Crippen LogP contribution in [0.2, 0.25) is 0 Å². The lowest BCUT2D eigenvalue weighted by Crippen LogP contribution is -2.34. The molecule has 8 nitrogen and oxygen atoms in total. The van der Waals surface area contributed by atoms with Crippen LogP contribution in [0.1, 0.15) is 18.4 Å². The molecular formula is C15H15N4O4S-. The molecule has 1 aliphatic rings. The topological polar surface area (TPSA) is 123 Å². The number of thioether (sulfide) groups is 1. The van der Waals surface area contributed by atoms with E-state index in [1.807, 2.05) is 30.3 Å². The van der Waals surface area contributed by atoms with E-state index in [9.17, 15) is 19.5 Å². The molecular weight excluding hydrogens is 332 g/mol. The molecule has 0 aliphatic carbocycles. The van der Waals surface area contributed by atoms with E-state index in [0.29, 0.717) is 5.17 Å². The van der Waals surface area contributed by atoms with Gasteiger partial charge in [-0.2, -0.15) is 5.10 Å². The van der Waals surface area contributed by atoms with E-state index in [1.54, 1.807) is 6.21 Å². The number of hydrogen-bond acceptors (Lipinski definition) is 7. The van der Waals surface area contributed by atoms with Gasteiger partial charge in [0.2, 0.25) is 11.8 Å². The maximum absolute atomic E-state index is 11.8. The van der Waals surface area contributed by atoms with Crippen molar-refractivity contribution in [3.63, 3.8) is 0 Å². The van der Waals surface area contributed by atoms with Crippen LogP contribution in [0.15, 0.2) is 40.5 Å². The van der Waals surface area contributed by atoms with Crippen molar-refractivity contribution in [2.45, 2.75) is 18.1 Å². The maximum atomic E-state index is 11.8. The predicted octanol–water partition coefficient (Wildman–Crippen LogP) is -0.746. The van der Waals surface area contributed by atoms with Crippen LogP contribution in [0.4, 0.5) is 0 Å². The van der Waals surface area contributed by atoms with Crippen molar-refractivity contribution < 1.29 is 19.5 Å². The molecule has 1 aliphatic heterocycles. The van der Waals surface area contributed by atoms with Crippen molar-refractivity contribution in [1.29, 1.82) is 0 Å². The fourth-order valence-corrected chi connectivity index (χ4v) is 2.74. The summed E-state index contributed by atoms with van der Waals surface area (Å²) < 4.78 is 0. The molecule has 2 N–H and O–H groups in total. The van der Waals surface area contributed by atoms with Gasteiger partial charge in [-0.3, -0.25) is 9.59 Å². The molecule has 0 bridgehead atoms. The number of nitrogens with zero attached hydrogens (tertiary/aromatic N) is 2. The van der Waals surface area contributed by atoms with Crippen LogP contribution in [0, 0.1) is 0 Å². The Morgan fingerprint density at radius 1 is 1.33 bits per heavy atom. The van der Waals surface area contributed by atoms with Crippen molar-refractivity contribution in [3.8, 4) is 0 Å². The van der Waals surface area contributed by atoms with Crippen LogP contribution < -0.4 is 15.7 Å². The summed E-state index contributed by atoms with van der Waals surface area (Å²) in [5.74, 6) is -1.98. The Morgan fingerprint density at radius 2 is 2.08 bits per heavy atom. The predicted molar refractivity (Wildman–Crippen MR) is 88.2 cm³/mol. The summed E-state index contributed by atoms with van der Waals surface area (Å²) in [6.07, 6.45) is 1.22. The Morgan fingerprint density at radius 3 is 2.79 bits per heavy atom. The summed E-state index contributed by atoms with van der Waals surface area (Å²) in [5, 5.41) is 22.7. The van der Waals surface area contributed by atoms with E-state index in [0.717, 1.165) is 17.3 Å². The summed E-state index contributed by atoms with van der Waals surface area (Å²) >= 11 is 1.11. The highest BCUT2D eigenvalue weighted by molar-refractivity contribution is 8.15. The first-order valence-corrected chi connectivity index (χ1v) is 8.02. The van der Waals surface area contributed by atoms with Gasteiger partial charge < -0.3 is 20.5 Å². The number of amidine groups is 1. The van der Waals surface area contributed by atoms with Gasteiger partial charge >= 0.3 is 0 Å². The molecule has 9 heteroatoms. The van der Waals surface area contributed by atoms with Crippen molar-refractivity contribution in [1.82, 2.24) is 10.6 Å². The summed E-state index contributed by atoms with van der Waals surface area (Å²) in [5.41, 5.74) is 0.875. The van der Waals surface area contributed by atoms with Gasteiger partial charge in [-0.25, -0.2) is 0 Å². The Kier molecular flexibility index (Phi) is 6.50. The van der Waals surface area contributed by atoms with Crippen molar-refractivity contribution in [2.24, 2.45) is 10.2 Å². The lowest BCUT2D eigenvalue weighted by atomic mass is 10.2. The van der Waals surface area contributed by atoms with Gasteiger partial charge in [-0.15, -0.1) is 5.10 Å². The number of hydrogen-bond donors (Lipinski definition) is 2. The Hall–Kier alpha value is -2.68. The quantitative estimate of drug-likeness (QED) is 0.496. The van der Waals surface area contributed by atoms with E-state index in [4.69, 9.17) is 0 Å². The van der Waals surface area contributed by atoms with E-state index in [-0.39, 0.29) is 25.3 Å². The summed E-state index contributed by atoms with van der Waals surface area (Å²) in [6.45, 7) is -0.0253. The number of aliphatic carboxylic acids is 1. The normalized spacial score (nSPS) is 18.8. The summed E-state index contributed by atoms with van der Waals surface area (Å²) in [6, 6.07) is 9.36. The van der Waals surface area contributed by atoms with Gasteiger partial charge in [0.25, 0.3) is 0 Å². The summed E-state index contributed by atoms with van der Waals surface area (Å²) in [4.78, 5) is 33.7. The van der Waals surface area contributed by atoms with Gasteiger partial charge in [0.15, 0.2) is 5.17 Å². The molecule has 126 valence electrons. The van der Waals surface area contributed by atoms with Crippen LogP contribution in [0.25, 0.3) is 0 Å². The second kappa shape index (κ2) is 8.82. The highest BCUT2D eigenvalue weighted by Gasteiger charge is 2.32. The zero-order chi connectivity index (χ0) is 17.4. The van der Waals surface area contributed by atoms with E-state index < -0.39 is 17.1 Å². The average Bonchev–Trinajstić information content (AvgIpc) is 2.88. The van der Waals surface area contributed by atoms with Crippen LogP contribution >= 0.6 is 11.8 Å². The van der Waals surface area contributed by atoms with E-state index >= 15 is 0 Å². The average molecular weight is 347 g/mol. The van der Waals surface area contributed by atoms with Crippen molar-refractivity contribution in [3.05, 3.63) is 35.9 Å². The maximum Gasteiger partial charge on any atom is 0.240 e. The molecule has 1 aromatic rings. The molecule has 1 saturated heterocycles.